The second-order valence-corrected chi connectivity index (χ2v) is 6.25. The molecule has 0 atom stereocenters. The van der Waals surface area contributed by atoms with Crippen LogP contribution in [0.3, 0.4) is 0 Å². The lowest BCUT2D eigenvalue weighted by molar-refractivity contribution is 0.0686. The normalized spacial score (nSPS) is 11.7. The van der Waals surface area contributed by atoms with Crippen LogP contribution in [0.4, 0.5) is 0 Å². The molecule has 2 rings (SSSR count). The molecule has 2 aromatic rings. The Morgan fingerprint density at radius 1 is 1.15 bits per heavy atom. The largest absolute Gasteiger partial charge is 0.477 e. The lowest BCUT2D eigenvalue weighted by Crippen LogP contribution is -2.11. The Hall–Kier alpha value is -2.03. The molecule has 20 heavy (non-hydrogen) atoms. The van der Waals surface area contributed by atoms with Crippen LogP contribution in [0.15, 0.2) is 30.3 Å². The van der Waals surface area contributed by atoms with Crippen molar-refractivity contribution in [2.24, 2.45) is 7.05 Å². The number of hydrogen-bond donors (Lipinski definition) is 1. The van der Waals surface area contributed by atoms with E-state index >= 15 is 0 Å². The van der Waals surface area contributed by atoms with Crippen molar-refractivity contribution < 1.29 is 9.90 Å². The third-order valence-corrected chi connectivity index (χ3v) is 3.72. The van der Waals surface area contributed by atoms with Gasteiger partial charge in [-0.2, -0.15) is 0 Å². The van der Waals surface area contributed by atoms with Crippen molar-refractivity contribution in [2.75, 3.05) is 0 Å². The standard InChI is InChI=1S/C17H21NO2/c1-11-6-7-12(17(2,3)4)10-13(11)14-8-9-15(16(19)20)18(14)5/h6-10H,1-5H3,(H,19,20). The Kier molecular flexibility index (Phi) is 3.46. The zero-order valence-corrected chi connectivity index (χ0v) is 12.7. The van der Waals surface area contributed by atoms with Gasteiger partial charge in [0.1, 0.15) is 5.69 Å². The van der Waals surface area contributed by atoms with Gasteiger partial charge in [-0.1, -0.05) is 32.9 Å². The first-order valence-electron chi connectivity index (χ1n) is 6.72. The lowest BCUT2D eigenvalue weighted by Gasteiger charge is -2.21. The highest BCUT2D eigenvalue weighted by Gasteiger charge is 2.18. The Bertz CT molecular complexity index is 660. The second-order valence-electron chi connectivity index (χ2n) is 6.25. The lowest BCUT2D eigenvalue weighted by atomic mass is 9.85. The highest BCUT2D eigenvalue weighted by atomic mass is 16.4. The summed E-state index contributed by atoms with van der Waals surface area (Å²) in [6, 6.07) is 9.93. The maximum atomic E-state index is 11.2. The second kappa shape index (κ2) is 4.82. The van der Waals surface area contributed by atoms with Gasteiger partial charge in [-0.25, -0.2) is 4.79 Å². The minimum absolute atomic E-state index is 0.0727. The van der Waals surface area contributed by atoms with Gasteiger partial charge in [0.05, 0.1) is 0 Å². The van der Waals surface area contributed by atoms with E-state index in [-0.39, 0.29) is 5.41 Å². The van der Waals surface area contributed by atoms with E-state index in [9.17, 15) is 4.79 Å². The number of carboxylic acids is 1. The van der Waals surface area contributed by atoms with Gasteiger partial charge < -0.3 is 9.67 Å². The third-order valence-electron chi connectivity index (χ3n) is 3.72. The fourth-order valence-electron chi connectivity index (χ4n) is 2.36. The molecular formula is C17H21NO2. The van der Waals surface area contributed by atoms with E-state index in [1.165, 1.54) is 5.56 Å². The van der Waals surface area contributed by atoms with Crippen molar-refractivity contribution in [2.45, 2.75) is 33.1 Å². The summed E-state index contributed by atoms with van der Waals surface area (Å²) in [7, 11) is 1.79. The SMILES string of the molecule is Cc1ccc(C(C)(C)C)cc1-c1ccc(C(=O)O)n1C. The summed E-state index contributed by atoms with van der Waals surface area (Å²) >= 11 is 0. The Morgan fingerprint density at radius 2 is 1.80 bits per heavy atom. The van der Waals surface area contributed by atoms with E-state index in [1.54, 1.807) is 17.7 Å². The summed E-state index contributed by atoms with van der Waals surface area (Å²) in [5.41, 5.74) is 4.80. The van der Waals surface area contributed by atoms with Crippen LogP contribution in [0, 0.1) is 6.92 Å². The molecule has 0 unspecified atom stereocenters. The number of nitrogens with zero attached hydrogens (tertiary/aromatic N) is 1. The van der Waals surface area contributed by atoms with E-state index in [0.717, 1.165) is 16.8 Å². The van der Waals surface area contributed by atoms with Crippen LogP contribution < -0.4 is 0 Å². The predicted octanol–water partition coefficient (Wildman–Crippen LogP) is 4.00. The zero-order chi connectivity index (χ0) is 15.1. The average Bonchev–Trinajstić information content (AvgIpc) is 2.70. The van der Waals surface area contributed by atoms with Crippen molar-refractivity contribution in [3.05, 3.63) is 47.2 Å². The molecule has 0 bridgehead atoms. The summed E-state index contributed by atoms with van der Waals surface area (Å²) in [4.78, 5) is 11.2. The van der Waals surface area contributed by atoms with Crippen molar-refractivity contribution in [3.8, 4) is 11.3 Å². The van der Waals surface area contributed by atoms with Crippen LogP contribution in [0.2, 0.25) is 0 Å². The molecule has 1 heterocycles. The first-order chi connectivity index (χ1) is 9.21. The van der Waals surface area contributed by atoms with Crippen LogP contribution in [0.1, 0.15) is 42.4 Å². The van der Waals surface area contributed by atoms with Crippen molar-refractivity contribution in [1.82, 2.24) is 4.57 Å². The molecular weight excluding hydrogens is 250 g/mol. The van der Waals surface area contributed by atoms with Crippen LogP contribution in [0.25, 0.3) is 11.3 Å². The number of carboxylic acid groups (broad SMARTS) is 1. The molecule has 0 saturated carbocycles. The van der Waals surface area contributed by atoms with Crippen molar-refractivity contribution >= 4 is 5.97 Å². The molecule has 0 saturated heterocycles. The summed E-state index contributed by atoms with van der Waals surface area (Å²) in [5.74, 6) is -0.900. The first-order valence-corrected chi connectivity index (χ1v) is 6.72. The molecule has 3 heteroatoms. The van der Waals surface area contributed by atoms with Gasteiger partial charge in [-0.3, -0.25) is 0 Å². The number of benzene rings is 1. The van der Waals surface area contributed by atoms with Gasteiger partial charge in [0.25, 0.3) is 0 Å². The fourth-order valence-corrected chi connectivity index (χ4v) is 2.36. The molecule has 3 nitrogen and oxygen atoms in total. The van der Waals surface area contributed by atoms with E-state index in [0.29, 0.717) is 5.69 Å². The molecule has 0 spiro atoms. The Balaban J connectivity index is 2.61. The zero-order valence-electron chi connectivity index (χ0n) is 12.7. The highest BCUT2D eigenvalue weighted by molar-refractivity contribution is 5.87. The van der Waals surface area contributed by atoms with Crippen LogP contribution >= 0.6 is 0 Å². The molecule has 106 valence electrons. The van der Waals surface area contributed by atoms with Crippen LogP contribution in [0.5, 0.6) is 0 Å². The molecule has 0 aliphatic carbocycles. The fraction of sp³-hybridized carbons (Fsp3) is 0.353. The van der Waals surface area contributed by atoms with E-state index in [4.69, 9.17) is 5.11 Å². The maximum Gasteiger partial charge on any atom is 0.352 e. The third kappa shape index (κ3) is 2.48. The number of rotatable bonds is 2. The molecule has 0 radical (unpaired) electrons. The summed E-state index contributed by atoms with van der Waals surface area (Å²) < 4.78 is 1.73. The van der Waals surface area contributed by atoms with Gasteiger partial charge in [0, 0.05) is 18.3 Å². The smallest absolute Gasteiger partial charge is 0.352 e. The minimum atomic E-state index is -0.900. The monoisotopic (exact) mass is 271 g/mol. The van der Waals surface area contributed by atoms with Gasteiger partial charge >= 0.3 is 5.97 Å². The molecule has 1 aromatic heterocycles. The number of carbonyl (C=O) groups is 1. The molecule has 0 amide bonds. The average molecular weight is 271 g/mol. The molecule has 1 N–H and O–H groups in total. The van der Waals surface area contributed by atoms with E-state index in [2.05, 4.69) is 45.9 Å². The number of aromatic carboxylic acids is 1. The van der Waals surface area contributed by atoms with Gasteiger partial charge in [0.2, 0.25) is 0 Å². The molecule has 1 aromatic carbocycles. The molecule has 0 aliphatic rings. The maximum absolute atomic E-state index is 11.2. The molecule has 0 fully saturated rings. The van der Waals surface area contributed by atoms with Gasteiger partial charge in [-0.15, -0.1) is 0 Å². The van der Waals surface area contributed by atoms with Crippen LogP contribution in [-0.2, 0) is 12.5 Å². The summed E-state index contributed by atoms with van der Waals surface area (Å²) in [6.07, 6.45) is 0. The Labute approximate surface area is 119 Å². The van der Waals surface area contributed by atoms with Crippen LogP contribution in [-0.4, -0.2) is 15.6 Å². The van der Waals surface area contributed by atoms with Gasteiger partial charge in [-0.05, 0) is 41.7 Å². The Morgan fingerprint density at radius 3 is 2.30 bits per heavy atom. The number of aromatic nitrogens is 1. The summed E-state index contributed by atoms with van der Waals surface area (Å²) in [5, 5.41) is 9.16. The number of hydrogen-bond acceptors (Lipinski definition) is 1. The highest BCUT2D eigenvalue weighted by Crippen LogP contribution is 2.31. The van der Waals surface area contributed by atoms with Gasteiger partial charge in [0.15, 0.2) is 0 Å². The quantitative estimate of drug-likeness (QED) is 0.897. The predicted molar refractivity (Wildman–Crippen MR) is 81.2 cm³/mol. The van der Waals surface area contributed by atoms with Crippen molar-refractivity contribution in [3.63, 3.8) is 0 Å². The molecule has 0 aliphatic heterocycles. The van der Waals surface area contributed by atoms with Crippen molar-refractivity contribution in [1.29, 1.82) is 0 Å². The first kappa shape index (κ1) is 14.4. The van der Waals surface area contributed by atoms with E-state index in [1.807, 2.05) is 6.07 Å². The topological polar surface area (TPSA) is 42.2 Å². The minimum Gasteiger partial charge on any atom is -0.477 e. The number of aryl methyl sites for hydroxylation is 1. The summed E-state index contributed by atoms with van der Waals surface area (Å²) in [6.45, 7) is 8.58. The van der Waals surface area contributed by atoms with E-state index < -0.39 is 5.97 Å².